The molecule has 1 aromatic carbocycles. The van der Waals surface area contributed by atoms with Crippen LogP contribution in [0.4, 0.5) is 10.5 Å². The van der Waals surface area contributed by atoms with Crippen LogP contribution < -0.4 is 10.1 Å². The van der Waals surface area contributed by atoms with Gasteiger partial charge in [-0.2, -0.15) is 0 Å². The molecular formula is C19H27N3O4. The topological polar surface area (TPSA) is 71.1 Å². The number of amides is 3. The number of methoxy groups -OCH3 is 1. The summed E-state index contributed by atoms with van der Waals surface area (Å²) < 4.78 is 10.6. The van der Waals surface area contributed by atoms with E-state index in [-0.39, 0.29) is 17.9 Å². The first-order chi connectivity index (χ1) is 12.6. The van der Waals surface area contributed by atoms with E-state index in [0.29, 0.717) is 50.8 Å². The van der Waals surface area contributed by atoms with Gasteiger partial charge in [0.05, 0.1) is 25.3 Å². The number of ether oxygens (including phenoxy) is 2. The Labute approximate surface area is 154 Å². The average molecular weight is 361 g/mol. The quantitative estimate of drug-likeness (QED) is 0.895. The second-order valence-corrected chi connectivity index (χ2v) is 6.86. The highest BCUT2D eigenvalue weighted by molar-refractivity contribution is 5.91. The third kappa shape index (κ3) is 4.27. The summed E-state index contributed by atoms with van der Waals surface area (Å²) in [5.74, 6) is 0.772. The lowest BCUT2D eigenvalue weighted by Crippen LogP contribution is -2.41. The van der Waals surface area contributed by atoms with Gasteiger partial charge in [-0.05, 0) is 37.5 Å². The maximum atomic E-state index is 12.7. The maximum Gasteiger partial charge on any atom is 0.322 e. The van der Waals surface area contributed by atoms with Crippen LogP contribution in [0.1, 0.15) is 18.4 Å². The van der Waals surface area contributed by atoms with Gasteiger partial charge in [-0.15, -0.1) is 0 Å². The van der Waals surface area contributed by atoms with E-state index in [0.717, 1.165) is 18.4 Å². The second kappa shape index (κ2) is 8.40. The van der Waals surface area contributed by atoms with Crippen molar-refractivity contribution in [2.45, 2.75) is 19.8 Å². The van der Waals surface area contributed by atoms with E-state index in [1.54, 1.807) is 12.0 Å². The van der Waals surface area contributed by atoms with E-state index in [1.165, 1.54) is 0 Å². The van der Waals surface area contributed by atoms with E-state index in [4.69, 9.17) is 9.47 Å². The van der Waals surface area contributed by atoms with E-state index in [1.807, 2.05) is 30.0 Å². The number of benzene rings is 1. The molecule has 2 fully saturated rings. The lowest BCUT2D eigenvalue weighted by atomic mass is 10.1. The van der Waals surface area contributed by atoms with Gasteiger partial charge >= 0.3 is 6.03 Å². The molecule has 0 radical (unpaired) electrons. The molecule has 3 rings (SSSR count). The van der Waals surface area contributed by atoms with Crippen LogP contribution in [0, 0.1) is 12.8 Å². The fourth-order valence-corrected chi connectivity index (χ4v) is 3.44. The first kappa shape index (κ1) is 18.5. The molecular weight excluding hydrogens is 334 g/mol. The minimum Gasteiger partial charge on any atom is -0.495 e. The molecule has 0 bridgehead atoms. The molecule has 0 saturated carbocycles. The van der Waals surface area contributed by atoms with Gasteiger partial charge in [0, 0.05) is 32.8 Å². The van der Waals surface area contributed by atoms with Gasteiger partial charge in [-0.25, -0.2) is 4.79 Å². The first-order valence-corrected chi connectivity index (χ1v) is 9.15. The fraction of sp³-hybridized carbons (Fsp3) is 0.579. The number of nitrogens with zero attached hydrogens (tertiary/aromatic N) is 2. The molecule has 2 heterocycles. The molecule has 2 aliphatic heterocycles. The SMILES string of the molecule is COc1ccc(C)cc1NC(=O)N1CCCN(C(=O)C2CCOC2)CC1. The van der Waals surface area contributed by atoms with Crippen molar-refractivity contribution in [1.29, 1.82) is 0 Å². The van der Waals surface area contributed by atoms with Crippen LogP contribution in [0.25, 0.3) is 0 Å². The van der Waals surface area contributed by atoms with E-state index in [2.05, 4.69) is 5.32 Å². The standard InChI is InChI=1S/C19H27N3O4/c1-14-4-5-17(25-2)16(12-14)20-19(24)22-8-3-7-21(9-10-22)18(23)15-6-11-26-13-15/h4-5,12,15H,3,6-11,13H2,1-2H3,(H,20,24). The lowest BCUT2D eigenvalue weighted by molar-refractivity contribution is -0.135. The Balaban J connectivity index is 1.59. The van der Waals surface area contributed by atoms with Gasteiger partial charge in [0.25, 0.3) is 0 Å². The predicted octanol–water partition coefficient (Wildman–Crippen LogP) is 2.11. The molecule has 0 aromatic heterocycles. The zero-order valence-electron chi connectivity index (χ0n) is 15.5. The molecule has 2 aliphatic rings. The predicted molar refractivity (Wildman–Crippen MR) is 98.4 cm³/mol. The highest BCUT2D eigenvalue weighted by Gasteiger charge is 2.30. The Morgan fingerprint density at radius 3 is 2.69 bits per heavy atom. The lowest BCUT2D eigenvalue weighted by Gasteiger charge is -2.24. The van der Waals surface area contributed by atoms with E-state index in [9.17, 15) is 9.59 Å². The highest BCUT2D eigenvalue weighted by atomic mass is 16.5. The number of rotatable bonds is 3. The Hall–Kier alpha value is -2.28. The molecule has 7 nitrogen and oxygen atoms in total. The monoisotopic (exact) mass is 361 g/mol. The van der Waals surface area contributed by atoms with Crippen LogP contribution >= 0.6 is 0 Å². The third-order valence-electron chi connectivity index (χ3n) is 4.97. The van der Waals surface area contributed by atoms with Crippen LogP contribution in [0.5, 0.6) is 5.75 Å². The molecule has 1 aromatic rings. The Kier molecular flexibility index (Phi) is 5.98. The first-order valence-electron chi connectivity index (χ1n) is 9.15. The van der Waals surface area contributed by atoms with Crippen molar-refractivity contribution < 1.29 is 19.1 Å². The van der Waals surface area contributed by atoms with Crippen LogP contribution in [0.3, 0.4) is 0 Å². The van der Waals surface area contributed by atoms with Crippen molar-refractivity contribution in [1.82, 2.24) is 9.80 Å². The second-order valence-electron chi connectivity index (χ2n) is 6.86. The van der Waals surface area contributed by atoms with Gasteiger partial charge in [0.15, 0.2) is 0 Å². The van der Waals surface area contributed by atoms with Crippen LogP contribution in [0.2, 0.25) is 0 Å². The van der Waals surface area contributed by atoms with Crippen molar-refractivity contribution in [3.8, 4) is 5.75 Å². The summed E-state index contributed by atoms with van der Waals surface area (Å²) in [6.07, 6.45) is 1.57. The van der Waals surface area contributed by atoms with E-state index < -0.39 is 0 Å². The van der Waals surface area contributed by atoms with Crippen molar-refractivity contribution in [2.75, 3.05) is 51.8 Å². The normalized spacial score (nSPS) is 20.6. The molecule has 0 aliphatic carbocycles. The summed E-state index contributed by atoms with van der Waals surface area (Å²) in [7, 11) is 1.59. The molecule has 1 N–H and O–H groups in total. The van der Waals surface area contributed by atoms with Gasteiger partial charge in [0.2, 0.25) is 5.91 Å². The molecule has 0 spiro atoms. The number of anilines is 1. The van der Waals surface area contributed by atoms with Crippen molar-refractivity contribution >= 4 is 17.6 Å². The molecule has 142 valence electrons. The number of hydrogen-bond acceptors (Lipinski definition) is 4. The number of hydrogen-bond donors (Lipinski definition) is 1. The average Bonchev–Trinajstić information content (AvgIpc) is 3.05. The smallest absolute Gasteiger partial charge is 0.322 e. The van der Waals surface area contributed by atoms with Gasteiger partial charge in [0.1, 0.15) is 5.75 Å². The number of urea groups is 1. The largest absolute Gasteiger partial charge is 0.495 e. The maximum absolute atomic E-state index is 12.7. The van der Waals surface area contributed by atoms with E-state index >= 15 is 0 Å². The van der Waals surface area contributed by atoms with Gasteiger partial charge in [-0.3, -0.25) is 4.79 Å². The Morgan fingerprint density at radius 2 is 1.96 bits per heavy atom. The summed E-state index contributed by atoms with van der Waals surface area (Å²) in [5.41, 5.74) is 1.71. The Bertz CT molecular complexity index is 658. The van der Waals surface area contributed by atoms with Crippen molar-refractivity contribution in [3.63, 3.8) is 0 Å². The van der Waals surface area contributed by atoms with Gasteiger partial charge < -0.3 is 24.6 Å². The fourth-order valence-electron chi connectivity index (χ4n) is 3.44. The van der Waals surface area contributed by atoms with Crippen LogP contribution in [-0.2, 0) is 9.53 Å². The highest BCUT2D eigenvalue weighted by Crippen LogP contribution is 2.25. The van der Waals surface area contributed by atoms with Crippen molar-refractivity contribution in [3.05, 3.63) is 23.8 Å². The summed E-state index contributed by atoms with van der Waals surface area (Å²) in [5, 5.41) is 2.94. The van der Waals surface area contributed by atoms with Gasteiger partial charge in [-0.1, -0.05) is 6.07 Å². The number of nitrogens with one attached hydrogen (secondary N) is 1. The summed E-state index contributed by atoms with van der Waals surface area (Å²) in [6, 6.07) is 5.52. The molecule has 7 heteroatoms. The molecule has 3 amide bonds. The summed E-state index contributed by atoms with van der Waals surface area (Å²) >= 11 is 0. The van der Waals surface area contributed by atoms with Crippen LogP contribution in [-0.4, -0.2) is 68.2 Å². The van der Waals surface area contributed by atoms with Crippen molar-refractivity contribution in [2.24, 2.45) is 5.92 Å². The minimum atomic E-state index is -0.160. The number of carbonyl (C=O) groups is 2. The number of carbonyl (C=O) groups excluding carboxylic acids is 2. The molecule has 2 saturated heterocycles. The third-order valence-corrected chi connectivity index (χ3v) is 4.97. The molecule has 1 unspecified atom stereocenters. The summed E-state index contributed by atoms with van der Waals surface area (Å²) in [4.78, 5) is 28.9. The number of aryl methyl sites for hydroxylation is 1. The molecule has 26 heavy (non-hydrogen) atoms. The van der Waals surface area contributed by atoms with Crippen LogP contribution in [0.15, 0.2) is 18.2 Å². The Morgan fingerprint density at radius 1 is 1.19 bits per heavy atom. The summed E-state index contributed by atoms with van der Waals surface area (Å²) in [6.45, 7) is 5.56. The zero-order valence-corrected chi connectivity index (χ0v) is 15.5. The zero-order chi connectivity index (χ0) is 18.5. The minimum absolute atomic E-state index is 0.0214. The molecule has 1 atom stereocenters.